The summed E-state index contributed by atoms with van der Waals surface area (Å²) in [6, 6.07) is 9.88. The molecule has 1 aromatic carbocycles. The second-order valence-corrected chi connectivity index (χ2v) is 6.73. The van der Waals surface area contributed by atoms with E-state index in [1.54, 1.807) is 6.08 Å². The summed E-state index contributed by atoms with van der Waals surface area (Å²) in [6.45, 7) is 6.25. The van der Waals surface area contributed by atoms with Crippen molar-refractivity contribution in [2.24, 2.45) is 0 Å². The number of aromatic nitrogens is 2. The normalized spacial score (nSPS) is 11.7. The van der Waals surface area contributed by atoms with Crippen LogP contribution in [0.1, 0.15) is 18.5 Å². The lowest BCUT2D eigenvalue weighted by atomic mass is 10.1. The fourth-order valence-electron chi connectivity index (χ4n) is 1.73. The van der Waals surface area contributed by atoms with Crippen LogP contribution in [0.15, 0.2) is 47.3 Å². The second-order valence-electron chi connectivity index (χ2n) is 4.53. The zero-order valence-corrected chi connectivity index (χ0v) is 13.9. The Labute approximate surface area is 138 Å². The maximum Gasteiger partial charge on any atom is 0.230 e. The third-order valence-corrected chi connectivity index (χ3v) is 4.82. The number of hydrogen-bond donors (Lipinski definition) is 2. The minimum atomic E-state index is -0.0165. The van der Waals surface area contributed by atoms with Crippen LogP contribution in [0.2, 0.25) is 0 Å². The van der Waals surface area contributed by atoms with E-state index in [9.17, 15) is 4.79 Å². The van der Waals surface area contributed by atoms with Crippen LogP contribution < -0.4 is 10.6 Å². The number of amides is 1. The third-order valence-electron chi connectivity index (χ3n) is 2.81. The van der Waals surface area contributed by atoms with Gasteiger partial charge in [-0.15, -0.1) is 16.8 Å². The van der Waals surface area contributed by atoms with Gasteiger partial charge in [0, 0.05) is 6.54 Å². The van der Waals surface area contributed by atoms with Gasteiger partial charge in [-0.3, -0.25) is 4.79 Å². The highest BCUT2D eigenvalue weighted by Gasteiger charge is 2.11. The van der Waals surface area contributed by atoms with E-state index >= 15 is 0 Å². The number of benzene rings is 1. The van der Waals surface area contributed by atoms with Gasteiger partial charge in [0.15, 0.2) is 4.34 Å². The fraction of sp³-hybridized carbons (Fsp3) is 0.267. The first-order valence-corrected chi connectivity index (χ1v) is 8.64. The van der Waals surface area contributed by atoms with Crippen molar-refractivity contribution in [3.05, 3.63) is 48.6 Å². The average Bonchev–Trinajstić information content (AvgIpc) is 2.99. The van der Waals surface area contributed by atoms with Crippen molar-refractivity contribution in [2.75, 3.05) is 17.6 Å². The molecule has 0 bridgehead atoms. The van der Waals surface area contributed by atoms with Gasteiger partial charge in [-0.05, 0) is 12.5 Å². The quantitative estimate of drug-likeness (QED) is 0.573. The fourth-order valence-corrected chi connectivity index (χ4v) is 3.30. The van der Waals surface area contributed by atoms with E-state index in [1.807, 2.05) is 37.3 Å². The Morgan fingerprint density at radius 3 is 2.91 bits per heavy atom. The van der Waals surface area contributed by atoms with Crippen LogP contribution in [0, 0.1) is 0 Å². The Balaban J connectivity index is 1.77. The molecule has 7 heteroatoms. The first-order valence-electron chi connectivity index (χ1n) is 6.84. The molecule has 5 nitrogen and oxygen atoms in total. The second kappa shape index (κ2) is 8.55. The molecule has 0 aliphatic rings. The van der Waals surface area contributed by atoms with Crippen molar-refractivity contribution < 1.29 is 4.79 Å². The highest BCUT2D eigenvalue weighted by atomic mass is 32.2. The highest BCUT2D eigenvalue weighted by molar-refractivity contribution is 8.01. The summed E-state index contributed by atoms with van der Waals surface area (Å²) in [7, 11) is 0. The number of anilines is 1. The smallest absolute Gasteiger partial charge is 0.230 e. The van der Waals surface area contributed by atoms with Crippen molar-refractivity contribution in [1.29, 1.82) is 0 Å². The van der Waals surface area contributed by atoms with Crippen molar-refractivity contribution in [3.8, 4) is 0 Å². The molecule has 2 aromatic rings. The summed E-state index contributed by atoms with van der Waals surface area (Å²) in [4.78, 5) is 12.0. The summed E-state index contributed by atoms with van der Waals surface area (Å²) in [5.41, 5.74) is 1.09. The Bertz CT molecular complexity index is 615. The SMILES string of the molecule is C=CCNc1nnc(SCC(=O)N[C@H](C)c2ccccc2)s1. The molecule has 2 rings (SSSR count). The van der Waals surface area contributed by atoms with Gasteiger partial charge in [0.25, 0.3) is 0 Å². The molecule has 0 radical (unpaired) electrons. The number of nitrogens with zero attached hydrogens (tertiary/aromatic N) is 2. The summed E-state index contributed by atoms with van der Waals surface area (Å²) < 4.78 is 0.772. The van der Waals surface area contributed by atoms with E-state index in [0.29, 0.717) is 12.3 Å². The molecule has 22 heavy (non-hydrogen) atoms. The maximum absolute atomic E-state index is 12.0. The van der Waals surface area contributed by atoms with Crippen molar-refractivity contribution in [1.82, 2.24) is 15.5 Å². The minimum Gasteiger partial charge on any atom is -0.357 e. The molecule has 2 N–H and O–H groups in total. The molecule has 116 valence electrons. The van der Waals surface area contributed by atoms with Gasteiger partial charge >= 0.3 is 0 Å². The average molecular weight is 334 g/mol. The Hall–Kier alpha value is -1.86. The molecule has 0 aliphatic heterocycles. The van der Waals surface area contributed by atoms with Gasteiger partial charge in [0.05, 0.1) is 11.8 Å². The Morgan fingerprint density at radius 1 is 1.41 bits per heavy atom. The predicted molar refractivity (Wildman–Crippen MR) is 92.3 cm³/mol. The maximum atomic E-state index is 12.0. The number of rotatable bonds is 8. The number of nitrogens with one attached hydrogen (secondary N) is 2. The van der Waals surface area contributed by atoms with Gasteiger partial charge in [-0.1, -0.05) is 59.5 Å². The largest absolute Gasteiger partial charge is 0.357 e. The van der Waals surface area contributed by atoms with Gasteiger partial charge in [-0.25, -0.2) is 0 Å². The zero-order chi connectivity index (χ0) is 15.8. The van der Waals surface area contributed by atoms with E-state index in [2.05, 4.69) is 27.4 Å². The van der Waals surface area contributed by atoms with Crippen LogP contribution in [0.5, 0.6) is 0 Å². The van der Waals surface area contributed by atoms with Crippen molar-refractivity contribution in [3.63, 3.8) is 0 Å². The van der Waals surface area contributed by atoms with Gasteiger partial charge in [0.1, 0.15) is 0 Å². The molecule has 1 heterocycles. The number of carbonyl (C=O) groups excluding carboxylic acids is 1. The van der Waals surface area contributed by atoms with E-state index in [0.717, 1.165) is 15.0 Å². The molecule has 1 amide bonds. The van der Waals surface area contributed by atoms with Gasteiger partial charge in [-0.2, -0.15) is 0 Å². The highest BCUT2D eigenvalue weighted by Crippen LogP contribution is 2.25. The van der Waals surface area contributed by atoms with Crippen molar-refractivity contribution in [2.45, 2.75) is 17.3 Å². The number of hydrogen-bond acceptors (Lipinski definition) is 6. The molecular weight excluding hydrogens is 316 g/mol. The molecular formula is C15H18N4OS2. The zero-order valence-electron chi connectivity index (χ0n) is 12.3. The van der Waals surface area contributed by atoms with Crippen LogP contribution >= 0.6 is 23.1 Å². The van der Waals surface area contributed by atoms with E-state index in [4.69, 9.17) is 0 Å². The number of carbonyl (C=O) groups is 1. The lowest BCUT2D eigenvalue weighted by Gasteiger charge is -2.13. The monoisotopic (exact) mass is 334 g/mol. The summed E-state index contributed by atoms with van der Waals surface area (Å²) >= 11 is 2.82. The third kappa shape index (κ3) is 5.16. The first-order chi connectivity index (χ1) is 10.7. The molecule has 0 saturated heterocycles. The predicted octanol–water partition coefficient (Wildman–Crippen LogP) is 3.11. The van der Waals surface area contributed by atoms with E-state index < -0.39 is 0 Å². The molecule has 1 atom stereocenters. The van der Waals surface area contributed by atoms with E-state index in [1.165, 1.54) is 23.1 Å². The molecule has 1 aromatic heterocycles. The van der Waals surface area contributed by atoms with Crippen LogP contribution in [-0.2, 0) is 4.79 Å². The topological polar surface area (TPSA) is 66.9 Å². The molecule has 0 aliphatic carbocycles. The molecule has 0 spiro atoms. The Morgan fingerprint density at radius 2 is 2.18 bits per heavy atom. The van der Waals surface area contributed by atoms with Crippen LogP contribution in [0.25, 0.3) is 0 Å². The standard InChI is InChI=1S/C15H18N4OS2/c1-3-9-16-14-18-19-15(22-14)21-10-13(20)17-11(2)12-7-5-4-6-8-12/h3-8,11H,1,9-10H2,2H3,(H,16,18)(H,17,20)/t11-/m1/s1. The van der Waals surface area contributed by atoms with Gasteiger partial charge in [0.2, 0.25) is 11.0 Å². The van der Waals surface area contributed by atoms with Gasteiger partial charge < -0.3 is 10.6 Å². The summed E-state index contributed by atoms with van der Waals surface area (Å²) in [5.74, 6) is 0.310. The molecule has 0 fully saturated rings. The lowest BCUT2D eigenvalue weighted by molar-refractivity contribution is -0.119. The lowest BCUT2D eigenvalue weighted by Crippen LogP contribution is -2.28. The van der Waals surface area contributed by atoms with Crippen molar-refractivity contribution >= 4 is 34.1 Å². The molecule has 0 unspecified atom stereocenters. The first kappa shape index (κ1) is 16.5. The van der Waals surface area contributed by atoms with Crippen LogP contribution in [-0.4, -0.2) is 28.4 Å². The van der Waals surface area contributed by atoms with Crippen LogP contribution in [0.3, 0.4) is 0 Å². The van der Waals surface area contributed by atoms with E-state index in [-0.39, 0.29) is 11.9 Å². The summed E-state index contributed by atoms with van der Waals surface area (Å²) in [6.07, 6.45) is 1.76. The summed E-state index contributed by atoms with van der Waals surface area (Å²) in [5, 5.41) is 14.8. The number of thioether (sulfide) groups is 1. The van der Waals surface area contributed by atoms with Crippen LogP contribution in [0.4, 0.5) is 5.13 Å². The Kier molecular flexibility index (Phi) is 6.42. The minimum absolute atomic E-state index is 0.00598. The molecule has 0 saturated carbocycles.